The molecule has 0 saturated heterocycles. The molecule has 0 radical (unpaired) electrons. The third-order valence-electron chi connectivity index (χ3n) is 3.58. The lowest BCUT2D eigenvalue weighted by Crippen LogP contribution is -2.20. The van der Waals surface area contributed by atoms with E-state index in [0.717, 1.165) is 23.6 Å². The van der Waals surface area contributed by atoms with Crippen LogP contribution < -0.4 is 10.1 Å². The molecule has 1 unspecified atom stereocenters. The van der Waals surface area contributed by atoms with E-state index in [1.54, 1.807) is 6.20 Å². The molecule has 1 N–H and O–H groups in total. The Morgan fingerprint density at radius 1 is 1.24 bits per heavy atom. The van der Waals surface area contributed by atoms with Crippen molar-refractivity contribution in [3.63, 3.8) is 0 Å². The average molecular weight is 303 g/mol. The maximum atomic E-state index is 6.06. The Labute approximate surface area is 130 Å². The van der Waals surface area contributed by atoms with Gasteiger partial charge < -0.3 is 10.1 Å². The lowest BCUT2D eigenvalue weighted by atomic mass is 10.1. The minimum Gasteiger partial charge on any atom is -0.473 e. The minimum atomic E-state index is 0.111. The van der Waals surface area contributed by atoms with E-state index in [-0.39, 0.29) is 6.10 Å². The average Bonchev–Trinajstić information content (AvgIpc) is 2.82. The first-order chi connectivity index (χ1) is 10.1. The molecule has 2 aromatic rings. The van der Waals surface area contributed by atoms with Gasteiger partial charge in [-0.05, 0) is 62.1 Å². The van der Waals surface area contributed by atoms with Crippen molar-refractivity contribution < 1.29 is 4.74 Å². The van der Waals surface area contributed by atoms with Crippen molar-refractivity contribution in [3.8, 4) is 5.88 Å². The first kappa shape index (κ1) is 14.2. The quantitative estimate of drug-likeness (QED) is 0.923. The Balaban J connectivity index is 1.74. The molecule has 1 aromatic heterocycles. The topological polar surface area (TPSA) is 34.1 Å². The smallest absolute Gasteiger partial charge is 0.237 e. The summed E-state index contributed by atoms with van der Waals surface area (Å²) in [7, 11) is 0. The van der Waals surface area contributed by atoms with E-state index >= 15 is 0 Å². The van der Waals surface area contributed by atoms with Gasteiger partial charge in [0.05, 0.1) is 11.8 Å². The summed E-state index contributed by atoms with van der Waals surface area (Å²) in [6, 6.07) is 10.4. The van der Waals surface area contributed by atoms with Crippen LogP contribution in [-0.4, -0.2) is 17.1 Å². The van der Waals surface area contributed by atoms with Gasteiger partial charge in [0.1, 0.15) is 0 Å². The normalized spacial score (nSPS) is 16.9. The first-order valence-electron chi connectivity index (χ1n) is 7.27. The fourth-order valence-electron chi connectivity index (χ4n) is 2.73. The summed E-state index contributed by atoms with van der Waals surface area (Å²) in [5.74, 6) is 0.668. The van der Waals surface area contributed by atoms with Crippen molar-refractivity contribution in [2.75, 3.05) is 5.32 Å². The standard InChI is InChI=1S/C17H19ClN2O/c1-11(2)21-17-16(4-3-7-19-17)20-15-9-12-5-6-14(18)8-13(12)10-15/h3-8,11,15,20H,9-10H2,1-2H3. The number of nitrogens with zero attached hydrogens (tertiary/aromatic N) is 1. The number of fused-ring (bicyclic) bond motifs is 1. The lowest BCUT2D eigenvalue weighted by molar-refractivity contribution is 0.234. The molecule has 1 aliphatic carbocycles. The maximum absolute atomic E-state index is 6.06. The Kier molecular flexibility index (Phi) is 4.02. The molecule has 110 valence electrons. The van der Waals surface area contributed by atoms with Crippen LogP contribution in [0.4, 0.5) is 5.69 Å². The van der Waals surface area contributed by atoms with Gasteiger partial charge in [-0.2, -0.15) is 0 Å². The highest BCUT2D eigenvalue weighted by Crippen LogP contribution is 2.29. The molecule has 0 amide bonds. The fraction of sp³-hybridized carbons (Fsp3) is 0.353. The third-order valence-corrected chi connectivity index (χ3v) is 3.81. The molecule has 0 saturated carbocycles. The Bertz CT molecular complexity index is 642. The molecular weight excluding hydrogens is 284 g/mol. The number of ether oxygens (including phenoxy) is 1. The number of hydrogen-bond acceptors (Lipinski definition) is 3. The van der Waals surface area contributed by atoms with Crippen LogP contribution >= 0.6 is 11.6 Å². The first-order valence-corrected chi connectivity index (χ1v) is 7.65. The number of benzene rings is 1. The minimum absolute atomic E-state index is 0.111. The summed E-state index contributed by atoms with van der Waals surface area (Å²) in [5.41, 5.74) is 3.65. The van der Waals surface area contributed by atoms with E-state index in [1.807, 2.05) is 32.0 Å². The van der Waals surface area contributed by atoms with Gasteiger partial charge >= 0.3 is 0 Å². The van der Waals surface area contributed by atoms with Gasteiger partial charge in [-0.25, -0.2) is 4.98 Å². The van der Waals surface area contributed by atoms with Gasteiger partial charge in [-0.1, -0.05) is 17.7 Å². The van der Waals surface area contributed by atoms with E-state index in [1.165, 1.54) is 11.1 Å². The molecule has 1 heterocycles. The highest BCUT2D eigenvalue weighted by Gasteiger charge is 2.22. The summed E-state index contributed by atoms with van der Waals surface area (Å²) >= 11 is 6.06. The molecule has 1 aliphatic rings. The van der Waals surface area contributed by atoms with Gasteiger partial charge in [0.15, 0.2) is 0 Å². The van der Waals surface area contributed by atoms with E-state index in [9.17, 15) is 0 Å². The molecule has 3 rings (SSSR count). The molecule has 1 atom stereocenters. The van der Waals surface area contributed by atoms with Crippen LogP contribution in [0.15, 0.2) is 36.5 Å². The second-order valence-electron chi connectivity index (χ2n) is 5.69. The molecule has 0 aliphatic heterocycles. The second-order valence-corrected chi connectivity index (χ2v) is 6.12. The largest absolute Gasteiger partial charge is 0.473 e. The Hall–Kier alpha value is -1.74. The zero-order valence-electron chi connectivity index (χ0n) is 12.3. The van der Waals surface area contributed by atoms with Crippen LogP contribution in [0.25, 0.3) is 0 Å². The van der Waals surface area contributed by atoms with Crippen molar-refractivity contribution in [3.05, 3.63) is 52.7 Å². The van der Waals surface area contributed by atoms with Crippen LogP contribution in [0.5, 0.6) is 5.88 Å². The van der Waals surface area contributed by atoms with Crippen molar-refractivity contribution in [1.29, 1.82) is 0 Å². The second kappa shape index (κ2) is 5.94. The van der Waals surface area contributed by atoms with Crippen molar-refractivity contribution >= 4 is 17.3 Å². The molecular formula is C17H19ClN2O. The molecule has 0 bridgehead atoms. The zero-order valence-corrected chi connectivity index (χ0v) is 13.0. The van der Waals surface area contributed by atoms with Gasteiger partial charge in [-0.15, -0.1) is 0 Å². The summed E-state index contributed by atoms with van der Waals surface area (Å²) < 4.78 is 5.76. The number of nitrogens with one attached hydrogen (secondary N) is 1. The third kappa shape index (κ3) is 3.30. The Morgan fingerprint density at radius 3 is 2.86 bits per heavy atom. The molecule has 0 fully saturated rings. The molecule has 4 heteroatoms. The maximum Gasteiger partial charge on any atom is 0.237 e. The van der Waals surface area contributed by atoms with Crippen molar-refractivity contribution in [1.82, 2.24) is 4.98 Å². The van der Waals surface area contributed by atoms with Crippen LogP contribution in [-0.2, 0) is 12.8 Å². The molecule has 1 aromatic carbocycles. The van der Waals surface area contributed by atoms with E-state index in [4.69, 9.17) is 16.3 Å². The monoisotopic (exact) mass is 302 g/mol. The summed E-state index contributed by atoms with van der Waals surface area (Å²) in [6.45, 7) is 4.01. The van der Waals surface area contributed by atoms with Crippen LogP contribution in [0, 0.1) is 0 Å². The van der Waals surface area contributed by atoms with E-state index < -0.39 is 0 Å². The van der Waals surface area contributed by atoms with E-state index in [2.05, 4.69) is 22.4 Å². The predicted molar refractivity (Wildman–Crippen MR) is 86.3 cm³/mol. The lowest BCUT2D eigenvalue weighted by Gasteiger charge is -2.17. The van der Waals surface area contributed by atoms with Crippen molar-refractivity contribution in [2.45, 2.75) is 38.8 Å². The number of pyridine rings is 1. The molecule has 0 spiro atoms. The summed E-state index contributed by atoms with van der Waals surface area (Å²) in [4.78, 5) is 4.32. The number of anilines is 1. The van der Waals surface area contributed by atoms with Crippen LogP contribution in [0.1, 0.15) is 25.0 Å². The highest BCUT2D eigenvalue weighted by molar-refractivity contribution is 6.30. The number of hydrogen-bond donors (Lipinski definition) is 1. The van der Waals surface area contributed by atoms with Crippen LogP contribution in [0.2, 0.25) is 5.02 Å². The molecule has 21 heavy (non-hydrogen) atoms. The van der Waals surface area contributed by atoms with Gasteiger partial charge in [0.2, 0.25) is 5.88 Å². The highest BCUT2D eigenvalue weighted by atomic mass is 35.5. The predicted octanol–water partition coefficient (Wildman–Crippen LogP) is 4.10. The summed E-state index contributed by atoms with van der Waals surface area (Å²) in [6.07, 6.45) is 3.85. The van der Waals surface area contributed by atoms with Gasteiger partial charge in [0, 0.05) is 17.3 Å². The van der Waals surface area contributed by atoms with Gasteiger partial charge in [-0.3, -0.25) is 0 Å². The van der Waals surface area contributed by atoms with Crippen LogP contribution in [0.3, 0.4) is 0 Å². The van der Waals surface area contributed by atoms with Crippen molar-refractivity contribution in [2.24, 2.45) is 0 Å². The number of halogens is 1. The summed E-state index contributed by atoms with van der Waals surface area (Å²) in [5, 5.41) is 4.36. The number of aromatic nitrogens is 1. The SMILES string of the molecule is CC(C)Oc1ncccc1NC1Cc2ccc(Cl)cc2C1. The van der Waals surface area contributed by atoms with Gasteiger partial charge in [0.25, 0.3) is 0 Å². The fourth-order valence-corrected chi connectivity index (χ4v) is 2.92. The number of rotatable bonds is 4. The molecule has 3 nitrogen and oxygen atoms in total. The van der Waals surface area contributed by atoms with E-state index in [0.29, 0.717) is 11.9 Å². The zero-order chi connectivity index (χ0) is 14.8. The Morgan fingerprint density at radius 2 is 2.05 bits per heavy atom.